The first kappa shape index (κ1) is 26.5. The van der Waals surface area contributed by atoms with Crippen molar-refractivity contribution in [3.63, 3.8) is 0 Å². The van der Waals surface area contributed by atoms with E-state index in [4.69, 9.17) is 5.11 Å². The summed E-state index contributed by atoms with van der Waals surface area (Å²) in [6.07, 6.45) is 5.98. The van der Waals surface area contributed by atoms with Crippen LogP contribution >= 0.6 is 11.9 Å². The van der Waals surface area contributed by atoms with E-state index in [1.54, 1.807) is 6.20 Å². The minimum Gasteiger partial charge on any atom is -0.395 e. The summed E-state index contributed by atoms with van der Waals surface area (Å²) in [5.74, 6) is 2.17. The lowest BCUT2D eigenvalue weighted by Gasteiger charge is -2.21. The second-order valence-electron chi connectivity index (χ2n) is 6.78. The molecule has 1 heterocycles. The van der Waals surface area contributed by atoms with Crippen molar-refractivity contribution in [2.45, 2.75) is 33.1 Å². The average molecular weight is 449 g/mol. The number of aromatic nitrogens is 2. The van der Waals surface area contributed by atoms with Crippen molar-refractivity contribution in [3.05, 3.63) is 36.0 Å². The molecule has 1 aromatic carbocycles. The number of anilines is 4. The molecule has 0 aliphatic rings. The molecule has 0 saturated heterocycles. The number of nitrogens with one attached hydrogen (secondary N) is 3. The predicted molar refractivity (Wildman–Crippen MR) is 134 cm³/mol. The fourth-order valence-corrected chi connectivity index (χ4v) is 3.12. The van der Waals surface area contributed by atoms with E-state index in [2.05, 4.69) is 44.1 Å². The first-order valence-corrected chi connectivity index (χ1v) is 11.6. The molecular weight excluding hydrogens is 412 g/mol. The van der Waals surface area contributed by atoms with Gasteiger partial charge in [0.25, 0.3) is 0 Å². The van der Waals surface area contributed by atoms with Crippen LogP contribution in [0.25, 0.3) is 0 Å². The SMILES string of the molecule is CCCCNc1nccc(NC)n1.CCCN(C)c1cc(NSCCO)ccc1C=O. The number of aldehydes is 1. The van der Waals surface area contributed by atoms with Gasteiger partial charge in [0.1, 0.15) is 5.82 Å². The quantitative estimate of drug-likeness (QED) is 0.205. The van der Waals surface area contributed by atoms with E-state index in [-0.39, 0.29) is 6.61 Å². The summed E-state index contributed by atoms with van der Waals surface area (Å²) in [7, 11) is 3.83. The monoisotopic (exact) mass is 448 g/mol. The number of hydrogen-bond donors (Lipinski definition) is 4. The Balaban J connectivity index is 0.000000327. The molecule has 0 unspecified atom stereocenters. The average Bonchev–Trinajstić information content (AvgIpc) is 2.80. The molecule has 0 saturated carbocycles. The molecule has 31 heavy (non-hydrogen) atoms. The summed E-state index contributed by atoms with van der Waals surface area (Å²) >= 11 is 1.45. The van der Waals surface area contributed by atoms with Crippen LogP contribution in [-0.4, -0.2) is 60.9 Å². The molecule has 0 aliphatic carbocycles. The van der Waals surface area contributed by atoms with E-state index < -0.39 is 0 Å². The van der Waals surface area contributed by atoms with Gasteiger partial charge in [0.05, 0.1) is 6.61 Å². The first-order chi connectivity index (χ1) is 15.1. The summed E-state index contributed by atoms with van der Waals surface area (Å²) in [6.45, 7) is 6.26. The molecule has 2 rings (SSSR count). The Kier molecular flexibility index (Phi) is 13.9. The minimum atomic E-state index is 0.146. The molecule has 0 atom stereocenters. The summed E-state index contributed by atoms with van der Waals surface area (Å²) < 4.78 is 3.15. The summed E-state index contributed by atoms with van der Waals surface area (Å²) in [6, 6.07) is 7.49. The highest BCUT2D eigenvalue weighted by Crippen LogP contribution is 2.24. The van der Waals surface area contributed by atoms with Gasteiger partial charge in [-0.2, -0.15) is 4.98 Å². The summed E-state index contributed by atoms with van der Waals surface area (Å²) in [5, 5.41) is 14.8. The van der Waals surface area contributed by atoms with E-state index in [0.717, 1.165) is 49.4 Å². The van der Waals surface area contributed by atoms with Gasteiger partial charge in [-0.3, -0.25) is 4.79 Å². The third-order valence-corrected chi connectivity index (χ3v) is 5.00. The standard InChI is InChI=1S/C13H20N2O2S.C9H16N4/c1-3-6-15(2)13-9-12(14-18-8-7-16)5-4-11(13)10-17;1-3-4-6-11-9-12-7-5-8(10-2)13-9/h4-5,9-10,14,16H,3,6-8H2,1-2H3;5,7H,3-4,6H2,1-2H3,(H2,10,11,12,13). The maximum absolute atomic E-state index is 11.0. The second kappa shape index (κ2) is 16.2. The molecule has 1 aromatic heterocycles. The van der Waals surface area contributed by atoms with Crippen molar-refractivity contribution in [1.29, 1.82) is 0 Å². The van der Waals surface area contributed by atoms with Crippen molar-refractivity contribution >= 4 is 41.4 Å². The maximum atomic E-state index is 11.0. The van der Waals surface area contributed by atoms with Crippen molar-refractivity contribution in [2.24, 2.45) is 0 Å². The highest BCUT2D eigenvalue weighted by atomic mass is 32.2. The number of nitrogens with zero attached hydrogens (tertiary/aromatic N) is 3. The molecule has 0 aliphatic heterocycles. The van der Waals surface area contributed by atoms with E-state index in [1.165, 1.54) is 18.4 Å². The lowest BCUT2D eigenvalue weighted by atomic mass is 10.1. The molecule has 8 nitrogen and oxygen atoms in total. The lowest BCUT2D eigenvalue weighted by molar-refractivity contribution is 0.112. The number of hydrogen-bond acceptors (Lipinski definition) is 9. The topological polar surface area (TPSA) is 102 Å². The fourth-order valence-electron chi connectivity index (χ4n) is 2.63. The molecule has 0 fully saturated rings. The van der Waals surface area contributed by atoms with Gasteiger partial charge in [0.2, 0.25) is 5.95 Å². The van der Waals surface area contributed by atoms with Gasteiger partial charge in [-0.15, -0.1) is 0 Å². The Hall–Kier alpha value is -2.52. The Labute approximate surface area is 190 Å². The predicted octanol–water partition coefficient (Wildman–Crippen LogP) is 4.13. The van der Waals surface area contributed by atoms with Crippen molar-refractivity contribution < 1.29 is 9.90 Å². The molecule has 172 valence electrons. The molecule has 0 amide bonds. The number of aliphatic hydroxyl groups excluding tert-OH is 1. The second-order valence-corrected chi connectivity index (χ2v) is 7.68. The third kappa shape index (κ3) is 10.4. The fraction of sp³-hybridized carbons (Fsp3) is 0.500. The van der Waals surface area contributed by atoms with Crippen LogP contribution < -0.4 is 20.3 Å². The zero-order chi connectivity index (χ0) is 22.9. The lowest BCUT2D eigenvalue weighted by Crippen LogP contribution is -2.19. The zero-order valence-corrected chi connectivity index (χ0v) is 19.8. The summed E-state index contributed by atoms with van der Waals surface area (Å²) in [5.41, 5.74) is 2.57. The molecule has 4 N–H and O–H groups in total. The molecule has 0 spiro atoms. The molecule has 2 aromatic rings. The zero-order valence-electron chi connectivity index (χ0n) is 19.0. The van der Waals surface area contributed by atoms with Crippen LogP contribution in [-0.2, 0) is 0 Å². The number of aliphatic hydroxyl groups is 1. The Morgan fingerprint density at radius 2 is 2.03 bits per heavy atom. The Bertz CT molecular complexity index is 763. The van der Waals surface area contributed by atoms with E-state index in [0.29, 0.717) is 17.3 Å². The Morgan fingerprint density at radius 3 is 2.68 bits per heavy atom. The van der Waals surface area contributed by atoms with Gasteiger partial charge in [-0.05, 0) is 37.1 Å². The van der Waals surface area contributed by atoms with Gasteiger partial charge >= 0.3 is 0 Å². The van der Waals surface area contributed by atoms with Crippen LogP contribution in [0.2, 0.25) is 0 Å². The molecular formula is C22H36N6O2S. The van der Waals surface area contributed by atoms with E-state index in [1.807, 2.05) is 38.4 Å². The number of unbranched alkanes of at least 4 members (excludes halogenated alkanes) is 1. The van der Waals surface area contributed by atoms with Crippen LogP contribution in [0.4, 0.5) is 23.1 Å². The number of carbonyl (C=O) groups excluding carboxylic acids is 1. The van der Waals surface area contributed by atoms with Crippen LogP contribution in [0.15, 0.2) is 30.5 Å². The highest BCUT2D eigenvalue weighted by molar-refractivity contribution is 8.00. The van der Waals surface area contributed by atoms with Crippen LogP contribution in [0.5, 0.6) is 0 Å². The number of benzene rings is 1. The van der Waals surface area contributed by atoms with E-state index >= 15 is 0 Å². The highest BCUT2D eigenvalue weighted by Gasteiger charge is 2.07. The molecule has 9 heteroatoms. The Morgan fingerprint density at radius 1 is 1.23 bits per heavy atom. The third-order valence-electron chi connectivity index (χ3n) is 4.24. The number of carbonyl (C=O) groups is 1. The van der Waals surface area contributed by atoms with Crippen LogP contribution in [0, 0.1) is 0 Å². The normalized spacial score (nSPS) is 9.97. The maximum Gasteiger partial charge on any atom is 0.224 e. The van der Waals surface area contributed by atoms with Gasteiger partial charge in [0, 0.05) is 56.1 Å². The van der Waals surface area contributed by atoms with Crippen molar-refractivity contribution in [2.75, 3.05) is 59.8 Å². The minimum absolute atomic E-state index is 0.146. The van der Waals surface area contributed by atoms with Gasteiger partial charge < -0.3 is 25.4 Å². The van der Waals surface area contributed by atoms with Gasteiger partial charge in [-0.1, -0.05) is 32.2 Å². The molecule has 0 radical (unpaired) electrons. The van der Waals surface area contributed by atoms with Gasteiger partial charge in [-0.25, -0.2) is 4.98 Å². The van der Waals surface area contributed by atoms with Crippen LogP contribution in [0.1, 0.15) is 43.5 Å². The number of rotatable bonds is 13. The van der Waals surface area contributed by atoms with Crippen LogP contribution in [0.3, 0.4) is 0 Å². The molecule has 0 bridgehead atoms. The van der Waals surface area contributed by atoms with E-state index in [9.17, 15) is 4.79 Å². The largest absolute Gasteiger partial charge is 0.395 e. The van der Waals surface area contributed by atoms with Gasteiger partial charge in [0.15, 0.2) is 6.29 Å². The first-order valence-electron chi connectivity index (χ1n) is 10.6. The smallest absolute Gasteiger partial charge is 0.224 e. The van der Waals surface area contributed by atoms with Crippen molar-refractivity contribution in [1.82, 2.24) is 9.97 Å². The van der Waals surface area contributed by atoms with Crippen molar-refractivity contribution in [3.8, 4) is 0 Å². The summed E-state index contributed by atoms with van der Waals surface area (Å²) in [4.78, 5) is 21.4.